The molecule has 0 N–H and O–H groups in total. The van der Waals surface area contributed by atoms with Crippen LogP contribution in [0.25, 0.3) is 5.69 Å². The number of hydrogen-bond acceptors (Lipinski definition) is 5. The van der Waals surface area contributed by atoms with Gasteiger partial charge in [-0.05, 0) is 24.3 Å². The van der Waals surface area contributed by atoms with Crippen LogP contribution in [0, 0.1) is 21.7 Å². The monoisotopic (exact) mass is 428 g/mol. The molecule has 0 spiro atoms. The minimum atomic E-state index is -0.774. The maximum absolute atomic E-state index is 13.8. The molecule has 0 atom stereocenters. The van der Waals surface area contributed by atoms with E-state index in [9.17, 15) is 23.7 Å². The predicted octanol–water partition coefficient (Wildman–Crippen LogP) is 3.74. The van der Waals surface area contributed by atoms with Gasteiger partial charge in [-0.1, -0.05) is 0 Å². The molecule has 1 aliphatic rings. The lowest BCUT2D eigenvalue weighted by molar-refractivity contribution is -0.384. The first-order valence-electron chi connectivity index (χ1n) is 9.60. The molecule has 160 valence electrons. The van der Waals surface area contributed by atoms with Crippen LogP contribution < -0.4 is 4.74 Å². The zero-order chi connectivity index (χ0) is 22.0. The van der Waals surface area contributed by atoms with Crippen LogP contribution in [0.5, 0.6) is 5.75 Å². The van der Waals surface area contributed by atoms with Gasteiger partial charge in [0.1, 0.15) is 17.6 Å². The zero-order valence-electron chi connectivity index (χ0n) is 16.3. The van der Waals surface area contributed by atoms with E-state index in [2.05, 4.69) is 4.98 Å². The van der Waals surface area contributed by atoms with Crippen molar-refractivity contribution in [2.75, 3.05) is 13.1 Å². The molecule has 8 nitrogen and oxygen atoms in total. The first kappa shape index (κ1) is 20.5. The van der Waals surface area contributed by atoms with E-state index in [1.807, 2.05) is 0 Å². The van der Waals surface area contributed by atoms with Crippen LogP contribution in [-0.4, -0.2) is 44.5 Å². The summed E-state index contributed by atoms with van der Waals surface area (Å²) in [6.45, 7) is 0.701. The van der Waals surface area contributed by atoms with E-state index < -0.39 is 16.6 Å². The lowest BCUT2D eigenvalue weighted by atomic mass is 10.1. The average Bonchev–Trinajstić information content (AvgIpc) is 3.30. The van der Waals surface area contributed by atoms with Crippen LogP contribution in [0.4, 0.5) is 14.5 Å². The van der Waals surface area contributed by atoms with Crippen LogP contribution in [0.2, 0.25) is 0 Å². The van der Waals surface area contributed by atoms with Crippen LogP contribution in [0.3, 0.4) is 0 Å². The van der Waals surface area contributed by atoms with Crippen molar-refractivity contribution < 1.29 is 23.2 Å². The Kier molecular flexibility index (Phi) is 5.61. The Morgan fingerprint density at radius 3 is 2.58 bits per heavy atom. The van der Waals surface area contributed by atoms with Crippen LogP contribution in [-0.2, 0) is 0 Å². The number of carbonyl (C=O) groups is 1. The number of aromatic nitrogens is 2. The number of halogens is 2. The Morgan fingerprint density at radius 2 is 1.94 bits per heavy atom. The van der Waals surface area contributed by atoms with Crippen molar-refractivity contribution >= 4 is 11.6 Å². The highest BCUT2D eigenvalue weighted by Crippen LogP contribution is 2.27. The van der Waals surface area contributed by atoms with Crippen molar-refractivity contribution in [1.29, 1.82) is 0 Å². The fourth-order valence-electron chi connectivity index (χ4n) is 3.53. The smallest absolute Gasteiger partial charge is 0.294 e. The molecule has 10 heteroatoms. The van der Waals surface area contributed by atoms with Crippen molar-refractivity contribution in [2.45, 2.75) is 18.9 Å². The van der Waals surface area contributed by atoms with E-state index in [1.165, 1.54) is 35.3 Å². The number of imidazole rings is 1. The Morgan fingerprint density at radius 1 is 1.16 bits per heavy atom. The van der Waals surface area contributed by atoms with Gasteiger partial charge in [0, 0.05) is 56.0 Å². The molecule has 1 fully saturated rings. The summed E-state index contributed by atoms with van der Waals surface area (Å²) in [5.41, 5.74) is 0.320. The van der Waals surface area contributed by atoms with Crippen molar-refractivity contribution in [2.24, 2.45) is 0 Å². The highest BCUT2D eigenvalue weighted by molar-refractivity contribution is 5.95. The number of likely N-dealkylation sites (tertiary alicyclic amines) is 1. The van der Waals surface area contributed by atoms with Gasteiger partial charge < -0.3 is 14.2 Å². The number of piperidine rings is 1. The molecule has 0 unspecified atom stereocenters. The first-order valence-corrected chi connectivity index (χ1v) is 9.60. The van der Waals surface area contributed by atoms with Gasteiger partial charge in [-0.2, -0.15) is 0 Å². The molecule has 3 aromatic rings. The number of nitro groups is 1. The molecule has 2 aromatic carbocycles. The fraction of sp³-hybridized carbons (Fsp3) is 0.238. The second-order valence-corrected chi connectivity index (χ2v) is 7.11. The van der Waals surface area contributed by atoms with Gasteiger partial charge in [0.15, 0.2) is 11.6 Å². The van der Waals surface area contributed by atoms with E-state index in [0.29, 0.717) is 31.6 Å². The number of benzene rings is 2. The number of nitrogens with zero attached hydrogens (tertiary/aromatic N) is 4. The predicted molar refractivity (Wildman–Crippen MR) is 106 cm³/mol. The third kappa shape index (κ3) is 4.37. The standard InChI is InChI=1S/C21H18F2N4O4/c22-15-2-4-20(17(23)12-15)31-16-5-8-25(9-6-16)21(28)14-1-3-18(19(11-14)27(29)30)26-10-7-24-13-26/h1-4,7,10-13,16H,5-6,8-9H2. The molecule has 0 radical (unpaired) electrons. The topological polar surface area (TPSA) is 90.5 Å². The van der Waals surface area contributed by atoms with Gasteiger partial charge in [0.05, 0.1) is 11.3 Å². The van der Waals surface area contributed by atoms with Gasteiger partial charge in [-0.3, -0.25) is 14.9 Å². The van der Waals surface area contributed by atoms with Crippen molar-refractivity contribution in [1.82, 2.24) is 14.5 Å². The third-order valence-corrected chi connectivity index (χ3v) is 5.12. The van der Waals surface area contributed by atoms with Crippen LogP contribution >= 0.6 is 0 Å². The molecule has 31 heavy (non-hydrogen) atoms. The minimum absolute atomic E-state index is 0.0307. The molecular formula is C21H18F2N4O4. The zero-order valence-corrected chi connectivity index (χ0v) is 16.3. The molecule has 1 saturated heterocycles. The van der Waals surface area contributed by atoms with Crippen LogP contribution in [0.15, 0.2) is 55.1 Å². The number of ether oxygens (including phenoxy) is 1. The normalized spacial score (nSPS) is 14.5. The number of hydrogen-bond donors (Lipinski definition) is 0. The average molecular weight is 428 g/mol. The molecule has 2 heterocycles. The number of carbonyl (C=O) groups excluding carboxylic acids is 1. The summed E-state index contributed by atoms with van der Waals surface area (Å²) in [7, 11) is 0. The molecule has 0 bridgehead atoms. The van der Waals surface area contributed by atoms with E-state index in [-0.39, 0.29) is 29.0 Å². The Hall–Kier alpha value is -3.82. The van der Waals surface area contributed by atoms with Gasteiger partial charge >= 0.3 is 0 Å². The first-order chi connectivity index (χ1) is 14.9. The van der Waals surface area contributed by atoms with E-state index in [4.69, 9.17) is 4.74 Å². The van der Waals surface area contributed by atoms with E-state index in [1.54, 1.807) is 17.2 Å². The van der Waals surface area contributed by atoms with Gasteiger partial charge in [0.25, 0.3) is 11.6 Å². The maximum Gasteiger partial charge on any atom is 0.294 e. The number of rotatable bonds is 5. The summed E-state index contributed by atoms with van der Waals surface area (Å²) in [5, 5.41) is 11.5. The quantitative estimate of drug-likeness (QED) is 0.456. The van der Waals surface area contributed by atoms with Gasteiger partial charge in [0.2, 0.25) is 0 Å². The highest BCUT2D eigenvalue weighted by Gasteiger charge is 2.27. The Balaban J connectivity index is 1.44. The summed E-state index contributed by atoms with van der Waals surface area (Å²) < 4.78 is 33.9. The Bertz CT molecular complexity index is 1110. The minimum Gasteiger partial charge on any atom is -0.487 e. The lowest BCUT2D eigenvalue weighted by Crippen LogP contribution is -2.41. The summed E-state index contributed by atoms with van der Waals surface area (Å²) in [4.78, 5) is 29.3. The molecule has 0 aliphatic carbocycles. The van der Waals surface area contributed by atoms with Crippen LogP contribution in [0.1, 0.15) is 23.2 Å². The maximum atomic E-state index is 13.8. The molecule has 1 aromatic heterocycles. The Labute approximate surface area is 175 Å². The van der Waals surface area contributed by atoms with Crippen molar-refractivity contribution in [3.8, 4) is 11.4 Å². The summed E-state index contributed by atoms with van der Waals surface area (Å²) in [5.74, 6) is -1.81. The third-order valence-electron chi connectivity index (χ3n) is 5.12. The molecule has 1 aliphatic heterocycles. The lowest BCUT2D eigenvalue weighted by Gasteiger charge is -2.32. The van der Waals surface area contributed by atoms with Crippen molar-refractivity contribution in [3.05, 3.63) is 82.4 Å². The second kappa shape index (κ2) is 8.50. The highest BCUT2D eigenvalue weighted by atomic mass is 19.1. The number of amides is 1. The fourth-order valence-corrected chi connectivity index (χ4v) is 3.53. The number of nitro benzene ring substituents is 1. The summed E-state index contributed by atoms with van der Waals surface area (Å²) in [6, 6.07) is 7.43. The van der Waals surface area contributed by atoms with Gasteiger partial charge in [-0.15, -0.1) is 0 Å². The molecule has 0 saturated carbocycles. The molecule has 1 amide bonds. The van der Waals surface area contributed by atoms with Crippen molar-refractivity contribution in [3.63, 3.8) is 0 Å². The SMILES string of the molecule is O=C(c1ccc(-n2ccnc2)c([N+](=O)[O-])c1)N1CCC(Oc2ccc(F)cc2F)CC1. The molecule has 4 rings (SSSR count). The molecular weight excluding hydrogens is 410 g/mol. The van der Waals surface area contributed by atoms with Gasteiger partial charge in [-0.25, -0.2) is 13.8 Å². The largest absolute Gasteiger partial charge is 0.487 e. The second-order valence-electron chi connectivity index (χ2n) is 7.11. The summed E-state index contributed by atoms with van der Waals surface area (Å²) >= 11 is 0. The van der Waals surface area contributed by atoms with E-state index in [0.717, 1.165) is 12.1 Å². The van der Waals surface area contributed by atoms with E-state index >= 15 is 0 Å². The summed E-state index contributed by atoms with van der Waals surface area (Å²) in [6.07, 6.45) is 5.13.